The number of halogens is 2. The van der Waals surface area contributed by atoms with Crippen molar-refractivity contribution in [3.8, 4) is 0 Å². The molecule has 29 heavy (non-hydrogen) atoms. The van der Waals surface area contributed by atoms with Gasteiger partial charge in [0.15, 0.2) is 0 Å². The fourth-order valence-corrected chi connectivity index (χ4v) is 3.81. The monoisotopic (exact) mass is 436 g/mol. The first-order valence-corrected chi connectivity index (χ1v) is 10.4. The van der Waals surface area contributed by atoms with Crippen LogP contribution in [0.4, 0.5) is 22.2 Å². The third-order valence-electron chi connectivity index (χ3n) is 4.96. The Balaban J connectivity index is 1.48. The summed E-state index contributed by atoms with van der Waals surface area (Å²) in [6, 6.07) is 5.27. The van der Waals surface area contributed by atoms with Crippen molar-refractivity contribution in [2.45, 2.75) is 44.7 Å². The quantitative estimate of drug-likeness (QED) is 0.632. The molecular weight excluding hydrogens is 411 g/mol. The molecule has 2 amide bonds. The normalized spacial score (nSPS) is 18.8. The van der Waals surface area contributed by atoms with E-state index < -0.39 is 0 Å². The highest BCUT2D eigenvalue weighted by Crippen LogP contribution is 2.29. The molecule has 1 fully saturated rings. The van der Waals surface area contributed by atoms with Crippen LogP contribution in [-0.2, 0) is 0 Å². The van der Waals surface area contributed by atoms with Crippen LogP contribution in [-0.4, -0.2) is 42.2 Å². The minimum Gasteiger partial charge on any atom is -0.362 e. The highest BCUT2D eigenvalue weighted by Gasteiger charge is 2.23. The van der Waals surface area contributed by atoms with Crippen molar-refractivity contribution < 1.29 is 4.79 Å². The lowest BCUT2D eigenvalue weighted by Gasteiger charge is -2.30. The van der Waals surface area contributed by atoms with E-state index in [9.17, 15) is 4.79 Å². The van der Waals surface area contributed by atoms with Crippen LogP contribution in [0.3, 0.4) is 0 Å². The SMILES string of the molecule is Cc1cnc(N[C@H]2CC[C@@H](NC(=O)Nc3cccc(Cl)c3Cl)CC2)nc1N(C)C. The molecule has 1 aromatic carbocycles. The first-order chi connectivity index (χ1) is 13.8. The molecule has 1 aliphatic carbocycles. The van der Waals surface area contributed by atoms with Crippen molar-refractivity contribution in [3.05, 3.63) is 40.0 Å². The summed E-state index contributed by atoms with van der Waals surface area (Å²) in [7, 11) is 3.94. The molecule has 0 spiro atoms. The van der Waals surface area contributed by atoms with Crippen molar-refractivity contribution in [1.29, 1.82) is 0 Å². The maximum atomic E-state index is 12.3. The number of carbonyl (C=O) groups excluding carboxylic acids is 1. The number of anilines is 3. The van der Waals surface area contributed by atoms with Gasteiger partial charge in [-0.3, -0.25) is 0 Å². The molecule has 0 atom stereocenters. The lowest BCUT2D eigenvalue weighted by atomic mass is 9.91. The smallest absolute Gasteiger partial charge is 0.319 e. The lowest BCUT2D eigenvalue weighted by Crippen LogP contribution is -2.42. The molecule has 9 heteroatoms. The first kappa shape index (κ1) is 21.5. The van der Waals surface area contributed by atoms with Gasteiger partial charge in [-0.1, -0.05) is 29.3 Å². The van der Waals surface area contributed by atoms with E-state index in [0.717, 1.165) is 37.1 Å². The summed E-state index contributed by atoms with van der Waals surface area (Å²) in [5.74, 6) is 1.55. The molecule has 0 aliphatic heterocycles. The molecular formula is C20H26Cl2N6O. The fraction of sp³-hybridized carbons (Fsp3) is 0.450. The molecule has 1 heterocycles. The van der Waals surface area contributed by atoms with Gasteiger partial charge in [-0.2, -0.15) is 4.98 Å². The average Bonchev–Trinajstić information content (AvgIpc) is 2.68. The van der Waals surface area contributed by atoms with Gasteiger partial charge in [-0.05, 0) is 44.7 Å². The van der Waals surface area contributed by atoms with E-state index in [1.54, 1.807) is 18.2 Å². The zero-order valence-electron chi connectivity index (χ0n) is 16.8. The van der Waals surface area contributed by atoms with Crippen molar-refractivity contribution in [2.24, 2.45) is 0 Å². The van der Waals surface area contributed by atoms with E-state index in [0.29, 0.717) is 21.7 Å². The standard InChI is InChI=1S/C20H26Cl2N6O/c1-12-11-23-19(27-18(12)28(2)3)24-13-7-9-14(10-8-13)25-20(29)26-16-6-4-5-15(21)17(16)22/h4-6,11,13-14H,7-10H2,1-3H3,(H,23,24,27)(H2,25,26,29)/t13-,14+. The summed E-state index contributed by atoms with van der Waals surface area (Å²) in [6.45, 7) is 2.00. The van der Waals surface area contributed by atoms with E-state index >= 15 is 0 Å². The second-order valence-corrected chi connectivity index (χ2v) is 8.27. The molecule has 1 saturated carbocycles. The molecule has 3 rings (SSSR count). The van der Waals surface area contributed by atoms with Gasteiger partial charge in [0.05, 0.1) is 15.7 Å². The van der Waals surface area contributed by atoms with E-state index in [1.165, 1.54) is 0 Å². The molecule has 0 bridgehead atoms. The lowest BCUT2D eigenvalue weighted by molar-refractivity contribution is 0.243. The molecule has 156 valence electrons. The number of urea groups is 1. The van der Waals surface area contributed by atoms with Crippen LogP contribution in [0.15, 0.2) is 24.4 Å². The average molecular weight is 437 g/mol. The minimum atomic E-state index is -0.275. The minimum absolute atomic E-state index is 0.113. The molecule has 0 unspecified atom stereocenters. The van der Waals surface area contributed by atoms with Crippen molar-refractivity contribution in [1.82, 2.24) is 15.3 Å². The Morgan fingerprint density at radius 3 is 2.52 bits per heavy atom. The predicted molar refractivity (Wildman–Crippen MR) is 119 cm³/mol. The number of rotatable bonds is 5. The van der Waals surface area contributed by atoms with Crippen LogP contribution in [0.1, 0.15) is 31.2 Å². The third-order valence-corrected chi connectivity index (χ3v) is 5.78. The largest absolute Gasteiger partial charge is 0.362 e. The van der Waals surface area contributed by atoms with Gasteiger partial charge < -0.3 is 20.9 Å². The Labute approximate surface area is 181 Å². The van der Waals surface area contributed by atoms with E-state index in [1.807, 2.05) is 32.1 Å². The zero-order chi connectivity index (χ0) is 21.0. The van der Waals surface area contributed by atoms with Crippen LogP contribution in [0.2, 0.25) is 10.0 Å². The molecule has 0 saturated heterocycles. The van der Waals surface area contributed by atoms with Crippen LogP contribution in [0, 0.1) is 6.92 Å². The number of nitrogens with one attached hydrogen (secondary N) is 3. The number of nitrogens with zero attached hydrogens (tertiary/aromatic N) is 3. The van der Waals surface area contributed by atoms with Crippen LogP contribution in [0.5, 0.6) is 0 Å². The second kappa shape index (κ2) is 9.50. The summed E-state index contributed by atoms with van der Waals surface area (Å²) < 4.78 is 0. The van der Waals surface area contributed by atoms with Crippen LogP contribution >= 0.6 is 23.2 Å². The van der Waals surface area contributed by atoms with Crippen LogP contribution < -0.4 is 20.9 Å². The first-order valence-electron chi connectivity index (χ1n) is 9.62. The molecule has 1 aromatic heterocycles. The second-order valence-electron chi connectivity index (χ2n) is 7.49. The Hall–Kier alpha value is -2.25. The van der Waals surface area contributed by atoms with E-state index in [-0.39, 0.29) is 18.1 Å². The van der Waals surface area contributed by atoms with Gasteiger partial charge in [0.25, 0.3) is 0 Å². The van der Waals surface area contributed by atoms with Gasteiger partial charge in [-0.25, -0.2) is 9.78 Å². The molecule has 2 aromatic rings. The summed E-state index contributed by atoms with van der Waals surface area (Å²) >= 11 is 12.1. The van der Waals surface area contributed by atoms with E-state index in [2.05, 4.69) is 25.9 Å². The Bertz CT molecular complexity index is 868. The van der Waals surface area contributed by atoms with Crippen LogP contribution in [0.25, 0.3) is 0 Å². The topological polar surface area (TPSA) is 82.2 Å². The Morgan fingerprint density at radius 1 is 1.14 bits per heavy atom. The number of carbonyl (C=O) groups is 1. The third kappa shape index (κ3) is 5.64. The van der Waals surface area contributed by atoms with Gasteiger partial charge in [0, 0.05) is 37.9 Å². The number of benzene rings is 1. The zero-order valence-corrected chi connectivity index (χ0v) is 18.3. The molecule has 1 aliphatic rings. The highest BCUT2D eigenvalue weighted by molar-refractivity contribution is 6.43. The molecule has 0 radical (unpaired) electrons. The molecule has 7 nitrogen and oxygen atoms in total. The number of aromatic nitrogens is 2. The highest BCUT2D eigenvalue weighted by atomic mass is 35.5. The fourth-order valence-electron chi connectivity index (χ4n) is 3.46. The maximum Gasteiger partial charge on any atom is 0.319 e. The Morgan fingerprint density at radius 2 is 1.83 bits per heavy atom. The summed E-state index contributed by atoms with van der Waals surface area (Å²) in [5, 5.41) is 9.95. The summed E-state index contributed by atoms with van der Waals surface area (Å²) in [6.07, 6.45) is 5.44. The summed E-state index contributed by atoms with van der Waals surface area (Å²) in [4.78, 5) is 23.3. The number of amides is 2. The van der Waals surface area contributed by atoms with E-state index in [4.69, 9.17) is 23.2 Å². The van der Waals surface area contributed by atoms with Gasteiger partial charge in [0.1, 0.15) is 5.82 Å². The number of hydrogen-bond acceptors (Lipinski definition) is 5. The van der Waals surface area contributed by atoms with Crippen molar-refractivity contribution in [2.75, 3.05) is 29.6 Å². The van der Waals surface area contributed by atoms with Gasteiger partial charge in [-0.15, -0.1) is 0 Å². The molecule has 3 N–H and O–H groups in total. The maximum absolute atomic E-state index is 12.3. The summed E-state index contributed by atoms with van der Waals surface area (Å²) in [5.41, 5.74) is 1.54. The van der Waals surface area contributed by atoms with Gasteiger partial charge >= 0.3 is 6.03 Å². The number of hydrogen-bond donors (Lipinski definition) is 3. The number of aryl methyl sites for hydroxylation is 1. The van der Waals surface area contributed by atoms with Crippen molar-refractivity contribution >= 4 is 46.7 Å². The van der Waals surface area contributed by atoms with Gasteiger partial charge in [0.2, 0.25) is 5.95 Å². The van der Waals surface area contributed by atoms with Crippen molar-refractivity contribution in [3.63, 3.8) is 0 Å². The Kier molecular flexibility index (Phi) is 7.03. The predicted octanol–water partition coefficient (Wildman–Crippen LogP) is 4.70.